The number of halogens is 1. The Morgan fingerprint density at radius 1 is 0.733 bits per heavy atom. The topological polar surface area (TPSA) is 22.2 Å². The molecule has 3 heterocycles. The van der Waals surface area contributed by atoms with Crippen molar-refractivity contribution in [2.45, 2.75) is 6.54 Å². The van der Waals surface area contributed by atoms with Crippen molar-refractivity contribution in [3.8, 4) is 11.3 Å². The van der Waals surface area contributed by atoms with E-state index in [9.17, 15) is 4.39 Å². The van der Waals surface area contributed by atoms with E-state index >= 15 is 0 Å². The fourth-order valence-corrected chi connectivity index (χ4v) is 4.22. The van der Waals surface area contributed by atoms with Crippen LogP contribution in [0.3, 0.4) is 0 Å². The molecule has 0 spiro atoms. The minimum Gasteiger partial charge on any atom is -0.335 e. The first-order chi connectivity index (χ1) is 14.8. The first kappa shape index (κ1) is 17.0. The summed E-state index contributed by atoms with van der Waals surface area (Å²) < 4.78 is 17.7. The standard InChI is InChI=1S/C26H18FN3/c27-20-12-10-19(11-13-20)23-16-29-17-25-22(14-26(29)28-23)21-8-4-5-9-24(21)30(25)15-18-6-2-1-3-7-18/h1-14,16-17H,15H2. The van der Waals surface area contributed by atoms with Gasteiger partial charge >= 0.3 is 0 Å². The highest BCUT2D eigenvalue weighted by molar-refractivity contribution is 6.09. The summed E-state index contributed by atoms with van der Waals surface area (Å²) in [6, 6.07) is 27.6. The lowest BCUT2D eigenvalue weighted by atomic mass is 10.2. The number of para-hydroxylation sites is 1. The lowest BCUT2D eigenvalue weighted by Gasteiger charge is -2.08. The predicted octanol–water partition coefficient (Wildman–Crippen LogP) is 6.30. The van der Waals surface area contributed by atoms with Gasteiger partial charge in [-0.3, -0.25) is 0 Å². The highest BCUT2D eigenvalue weighted by atomic mass is 19.1. The number of hydrogen-bond donors (Lipinski definition) is 0. The van der Waals surface area contributed by atoms with Gasteiger partial charge in [0.1, 0.15) is 11.5 Å². The Bertz CT molecular complexity index is 1510. The Hall–Kier alpha value is -3.92. The minimum atomic E-state index is -0.241. The molecule has 0 aliphatic carbocycles. The molecule has 0 saturated carbocycles. The van der Waals surface area contributed by atoms with Crippen molar-refractivity contribution in [1.82, 2.24) is 14.0 Å². The van der Waals surface area contributed by atoms with Crippen LogP contribution in [0.15, 0.2) is 97.3 Å². The van der Waals surface area contributed by atoms with Gasteiger partial charge in [-0.25, -0.2) is 9.37 Å². The molecule has 0 fully saturated rings. The number of imidazole rings is 1. The normalized spacial score (nSPS) is 11.6. The van der Waals surface area contributed by atoms with Gasteiger partial charge in [-0.1, -0.05) is 48.5 Å². The third-order valence-electron chi connectivity index (χ3n) is 5.67. The molecule has 0 N–H and O–H groups in total. The lowest BCUT2D eigenvalue weighted by Crippen LogP contribution is -1.99. The minimum absolute atomic E-state index is 0.241. The van der Waals surface area contributed by atoms with Crippen LogP contribution < -0.4 is 0 Å². The van der Waals surface area contributed by atoms with Gasteiger partial charge in [0.25, 0.3) is 0 Å². The first-order valence-electron chi connectivity index (χ1n) is 9.96. The molecule has 0 unspecified atom stereocenters. The van der Waals surface area contributed by atoms with Crippen LogP contribution in [0.25, 0.3) is 38.7 Å². The number of pyridine rings is 1. The summed E-state index contributed by atoms with van der Waals surface area (Å²) in [6.07, 6.45) is 4.15. The van der Waals surface area contributed by atoms with E-state index in [4.69, 9.17) is 4.98 Å². The second-order valence-electron chi connectivity index (χ2n) is 7.56. The summed E-state index contributed by atoms with van der Waals surface area (Å²) in [5.74, 6) is -0.241. The number of aromatic nitrogens is 3. The molecule has 30 heavy (non-hydrogen) atoms. The largest absolute Gasteiger partial charge is 0.335 e. The summed E-state index contributed by atoms with van der Waals surface area (Å²) in [4.78, 5) is 4.79. The summed E-state index contributed by atoms with van der Waals surface area (Å²) in [7, 11) is 0. The molecule has 6 aromatic rings. The highest BCUT2D eigenvalue weighted by Crippen LogP contribution is 2.31. The van der Waals surface area contributed by atoms with E-state index in [1.807, 2.05) is 12.3 Å². The van der Waals surface area contributed by atoms with Crippen LogP contribution in [0.5, 0.6) is 0 Å². The summed E-state index contributed by atoms with van der Waals surface area (Å²) in [6.45, 7) is 0.801. The number of benzene rings is 3. The molecule has 0 amide bonds. The van der Waals surface area contributed by atoms with E-state index in [2.05, 4.69) is 69.8 Å². The van der Waals surface area contributed by atoms with E-state index in [0.717, 1.165) is 29.0 Å². The van der Waals surface area contributed by atoms with Crippen molar-refractivity contribution in [2.24, 2.45) is 0 Å². The second kappa shape index (κ2) is 6.56. The predicted molar refractivity (Wildman–Crippen MR) is 119 cm³/mol. The van der Waals surface area contributed by atoms with Gasteiger partial charge < -0.3 is 8.97 Å². The Labute approximate surface area is 172 Å². The summed E-state index contributed by atoms with van der Waals surface area (Å²) in [5.41, 5.74) is 6.25. The molecule has 0 bridgehead atoms. The van der Waals surface area contributed by atoms with Crippen molar-refractivity contribution >= 4 is 27.5 Å². The van der Waals surface area contributed by atoms with E-state index in [-0.39, 0.29) is 5.82 Å². The molecule has 0 saturated heterocycles. The quantitative estimate of drug-likeness (QED) is 0.347. The molecule has 6 rings (SSSR count). The number of hydrogen-bond acceptors (Lipinski definition) is 1. The van der Waals surface area contributed by atoms with E-state index in [1.165, 1.54) is 34.0 Å². The summed E-state index contributed by atoms with van der Waals surface area (Å²) in [5, 5.41) is 2.41. The van der Waals surface area contributed by atoms with Crippen LogP contribution in [0.1, 0.15) is 5.56 Å². The van der Waals surface area contributed by atoms with Gasteiger partial charge in [0, 0.05) is 40.8 Å². The van der Waals surface area contributed by atoms with Gasteiger partial charge in [-0.2, -0.15) is 0 Å². The van der Waals surface area contributed by atoms with Crippen molar-refractivity contribution in [1.29, 1.82) is 0 Å². The Morgan fingerprint density at radius 2 is 1.50 bits per heavy atom. The average Bonchev–Trinajstić information content (AvgIpc) is 3.33. The van der Waals surface area contributed by atoms with Crippen molar-refractivity contribution in [3.05, 3.63) is 109 Å². The van der Waals surface area contributed by atoms with Gasteiger partial charge in [-0.15, -0.1) is 0 Å². The molecule has 3 aromatic carbocycles. The van der Waals surface area contributed by atoms with Crippen molar-refractivity contribution in [3.63, 3.8) is 0 Å². The number of rotatable bonds is 3. The van der Waals surface area contributed by atoms with Gasteiger partial charge in [0.2, 0.25) is 0 Å². The molecule has 0 aliphatic heterocycles. The number of fused-ring (bicyclic) bond motifs is 4. The molecular formula is C26H18FN3. The lowest BCUT2D eigenvalue weighted by molar-refractivity contribution is 0.628. The molecule has 0 atom stereocenters. The molecule has 3 nitrogen and oxygen atoms in total. The van der Waals surface area contributed by atoms with E-state index < -0.39 is 0 Å². The van der Waals surface area contributed by atoms with Crippen LogP contribution in [-0.4, -0.2) is 14.0 Å². The molecule has 3 aromatic heterocycles. The average molecular weight is 391 g/mol. The van der Waals surface area contributed by atoms with E-state index in [0.29, 0.717) is 0 Å². The molecular weight excluding hydrogens is 373 g/mol. The van der Waals surface area contributed by atoms with Crippen LogP contribution >= 0.6 is 0 Å². The van der Waals surface area contributed by atoms with Crippen molar-refractivity contribution < 1.29 is 4.39 Å². The highest BCUT2D eigenvalue weighted by Gasteiger charge is 2.14. The smallest absolute Gasteiger partial charge is 0.138 e. The van der Waals surface area contributed by atoms with Crippen LogP contribution in [0.4, 0.5) is 4.39 Å². The summed E-state index contributed by atoms with van der Waals surface area (Å²) >= 11 is 0. The molecule has 4 heteroatoms. The zero-order valence-corrected chi connectivity index (χ0v) is 16.2. The maximum absolute atomic E-state index is 13.3. The van der Waals surface area contributed by atoms with Crippen LogP contribution in [0.2, 0.25) is 0 Å². The fraction of sp³-hybridized carbons (Fsp3) is 0.0385. The Morgan fingerprint density at radius 3 is 2.33 bits per heavy atom. The molecule has 0 radical (unpaired) electrons. The third kappa shape index (κ3) is 2.69. The number of nitrogens with zero attached hydrogens (tertiary/aromatic N) is 3. The zero-order valence-electron chi connectivity index (χ0n) is 16.2. The van der Waals surface area contributed by atoms with Gasteiger partial charge in [-0.05, 0) is 42.0 Å². The SMILES string of the molecule is Fc1ccc(-c2cn3cc4c(cc3n2)c2ccccc2n4Cc2ccccc2)cc1. The maximum Gasteiger partial charge on any atom is 0.138 e. The van der Waals surface area contributed by atoms with Gasteiger partial charge in [0.15, 0.2) is 0 Å². The molecule has 0 aliphatic rings. The van der Waals surface area contributed by atoms with Crippen LogP contribution in [0, 0.1) is 5.82 Å². The van der Waals surface area contributed by atoms with Crippen LogP contribution in [-0.2, 0) is 6.54 Å². The Kier molecular flexibility index (Phi) is 3.71. The first-order valence-corrected chi connectivity index (χ1v) is 9.96. The maximum atomic E-state index is 13.3. The molecule has 144 valence electrons. The Balaban J connectivity index is 1.58. The third-order valence-corrected chi connectivity index (χ3v) is 5.67. The van der Waals surface area contributed by atoms with Gasteiger partial charge in [0.05, 0.1) is 11.2 Å². The van der Waals surface area contributed by atoms with E-state index in [1.54, 1.807) is 12.1 Å². The monoisotopic (exact) mass is 391 g/mol. The van der Waals surface area contributed by atoms with Crippen molar-refractivity contribution in [2.75, 3.05) is 0 Å². The second-order valence-corrected chi connectivity index (χ2v) is 7.56. The fourth-order valence-electron chi connectivity index (χ4n) is 4.22. The zero-order chi connectivity index (χ0) is 20.1.